The van der Waals surface area contributed by atoms with Gasteiger partial charge in [0.05, 0.1) is 17.3 Å². The van der Waals surface area contributed by atoms with Gasteiger partial charge in [0.15, 0.2) is 11.5 Å². The van der Waals surface area contributed by atoms with Crippen molar-refractivity contribution in [3.63, 3.8) is 0 Å². The second kappa shape index (κ2) is 7.42. The number of anilines is 1. The summed E-state index contributed by atoms with van der Waals surface area (Å²) in [6.07, 6.45) is 0.0570. The zero-order valence-electron chi connectivity index (χ0n) is 15.3. The van der Waals surface area contributed by atoms with E-state index in [4.69, 9.17) is 0 Å². The third-order valence-corrected chi connectivity index (χ3v) is 4.46. The normalized spacial score (nSPS) is 17.0. The predicted molar refractivity (Wildman–Crippen MR) is 98.8 cm³/mol. The molecule has 0 saturated carbocycles. The van der Waals surface area contributed by atoms with Crippen molar-refractivity contribution in [2.75, 3.05) is 4.90 Å². The molecule has 1 amide bonds. The summed E-state index contributed by atoms with van der Waals surface area (Å²) in [5.74, 6) is -4.13. The van der Waals surface area contributed by atoms with Gasteiger partial charge >= 0.3 is 0 Å². The van der Waals surface area contributed by atoms with E-state index in [1.165, 1.54) is 24.3 Å². The van der Waals surface area contributed by atoms with Crippen LogP contribution in [0.4, 0.5) is 14.5 Å². The Hall–Kier alpha value is -3.22. The van der Waals surface area contributed by atoms with E-state index in [1.807, 2.05) is 0 Å². The maximum atomic E-state index is 14.4. The number of rotatable bonds is 5. The van der Waals surface area contributed by atoms with Crippen LogP contribution in [0.1, 0.15) is 31.9 Å². The summed E-state index contributed by atoms with van der Waals surface area (Å²) in [7, 11) is 0. The predicted octanol–water partition coefficient (Wildman–Crippen LogP) is 4.19. The molecule has 1 aliphatic heterocycles. The Balaban J connectivity index is 2.21. The molecule has 1 atom stereocenters. The average molecular weight is 387 g/mol. The molecule has 2 N–H and O–H groups in total. The fourth-order valence-electron chi connectivity index (χ4n) is 3.30. The summed E-state index contributed by atoms with van der Waals surface area (Å²) < 4.78 is 28.2. The lowest BCUT2D eigenvalue weighted by Crippen LogP contribution is -2.32. The number of aromatic hydroxyl groups is 1. The SMILES string of the molecule is CC(C)CC(=O)C1=C(O)C(=O)N(c2cc(F)ccc2F)C1c1cccc(O)c1. The Bertz CT molecular complexity index is 984. The number of aliphatic hydroxyl groups is 1. The number of benzene rings is 2. The molecule has 0 radical (unpaired) electrons. The lowest BCUT2D eigenvalue weighted by atomic mass is 9.92. The largest absolute Gasteiger partial charge is 0.508 e. The number of amides is 1. The van der Waals surface area contributed by atoms with Crippen LogP contribution in [0.3, 0.4) is 0 Å². The van der Waals surface area contributed by atoms with Gasteiger partial charge in [0, 0.05) is 12.5 Å². The molecule has 0 aliphatic carbocycles. The molecule has 146 valence electrons. The smallest absolute Gasteiger partial charge is 0.294 e. The number of nitrogens with zero attached hydrogens (tertiary/aromatic N) is 1. The first kappa shape index (κ1) is 19.5. The molecule has 0 aromatic heterocycles. The van der Waals surface area contributed by atoms with Crippen LogP contribution in [0.15, 0.2) is 53.8 Å². The molecule has 1 heterocycles. The number of carbonyl (C=O) groups excluding carboxylic acids is 2. The number of hydrogen-bond acceptors (Lipinski definition) is 4. The maximum Gasteiger partial charge on any atom is 0.294 e. The van der Waals surface area contributed by atoms with Crippen molar-refractivity contribution in [2.45, 2.75) is 26.3 Å². The van der Waals surface area contributed by atoms with Gasteiger partial charge < -0.3 is 10.2 Å². The van der Waals surface area contributed by atoms with Gasteiger partial charge in [-0.1, -0.05) is 26.0 Å². The second-order valence-corrected chi connectivity index (χ2v) is 7.05. The third kappa shape index (κ3) is 3.47. The minimum absolute atomic E-state index is 0.0484. The van der Waals surface area contributed by atoms with Gasteiger partial charge in [-0.05, 0) is 35.7 Å². The summed E-state index contributed by atoms with van der Waals surface area (Å²) in [5, 5.41) is 20.3. The van der Waals surface area contributed by atoms with Gasteiger partial charge in [-0.2, -0.15) is 0 Å². The van der Waals surface area contributed by atoms with Gasteiger partial charge in [-0.3, -0.25) is 14.5 Å². The number of Topliss-reactive ketones (excluding diaryl/α,β-unsaturated/α-hetero) is 1. The average Bonchev–Trinajstić information content (AvgIpc) is 2.88. The van der Waals surface area contributed by atoms with E-state index in [1.54, 1.807) is 13.8 Å². The highest BCUT2D eigenvalue weighted by atomic mass is 19.1. The summed E-state index contributed by atoms with van der Waals surface area (Å²) in [5.41, 5.74) is -0.321. The quantitative estimate of drug-likeness (QED) is 0.807. The van der Waals surface area contributed by atoms with Crippen molar-refractivity contribution in [1.82, 2.24) is 0 Å². The first-order chi connectivity index (χ1) is 13.2. The Kier molecular flexibility index (Phi) is 5.18. The zero-order chi connectivity index (χ0) is 20.6. The van der Waals surface area contributed by atoms with Crippen molar-refractivity contribution in [3.8, 4) is 5.75 Å². The first-order valence-corrected chi connectivity index (χ1v) is 8.74. The number of phenolic OH excluding ortho intramolecular Hbond substituents is 1. The van der Waals surface area contributed by atoms with Crippen molar-refractivity contribution >= 4 is 17.4 Å². The van der Waals surface area contributed by atoms with Crippen molar-refractivity contribution < 1.29 is 28.6 Å². The van der Waals surface area contributed by atoms with E-state index in [2.05, 4.69) is 0 Å². The lowest BCUT2D eigenvalue weighted by molar-refractivity contribution is -0.118. The standard InChI is InChI=1S/C21H19F2NO4/c1-11(2)8-17(26)18-19(12-4-3-5-14(25)9-12)24(21(28)20(18)27)16-10-13(22)6-7-15(16)23/h3-7,9-11,19,25,27H,8H2,1-2H3. The molecule has 0 saturated heterocycles. The van der Waals surface area contributed by atoms with E-state index in [0.717, 1.165) is 23.1 Å². The van der Waals surface area contributed by atoms with E-state index < -0.39 is 40.8 Å². The number of carbonyl (C=O) groups is 2. The minimum Gasteiger partial charge on any atom is -0.508 e. The summed E-state index contributed by atoms with van der Waals surface area (Å²) in [4.78, 5) is 26.4. The van der Waals surface area contributed by atoms with E-state index in [9.17, 15) is 28.6 Å². The molecule has 3 rings (SSSR count). The lowest BCUT2D eigenvalue weighted by Gasteiger charge is -2.27. The van der Waals surface area contributed by atoms with Crippen molar-refractivity contribution in [2.24, 2.45) is 5.92 Å². The first-order valence-electron chi connectivity index (χ1n) is 8.74. The number of phenols is 1. The number of ketones is 1. The zero-order valence-corrected chi connectivity index (χ0v) is 15.3. The molecular formula is C21H19F2NO4. The van der Waals surface area contributed by atoms with Crippen LogP contribution in [0.25, 0.3) is 0 Å². The maximum absolute atomic E-state index is 14.4. The van der Waals surface area contributed by atoms with Crippen LogP contribution < -0.4 is 4.90 Å². The van der Waals surface area contributed by atoms with Crippen LogP contribution in [0.2, 0.25) is 0 Å². The number of aliphatic hydroxyl groups excluding tert-OH is 1. The molecule has 2 aromatic carbocycles. The van der Waals surface area contributed by atoms with Crippen molar-refractivity contribution in [3.05, 3.63) is 71.0 Å². The van der Waals surface area contributed by atoms with Gasteiger partial charge in [0.2, 0.25) is 0 Å². The Morgan fingerprint density at radius 1 is 1.14 bits per heavy atom. The highest BCUT2D eigenvalue weighted by molar-refractivity contribution is 6.16. The second-order valence-electron chi connectivity index (χ2n) is 7.05. The summed E-state index contributed by atoms with van der Waals surface area (Å²) in [6.45, 7) is 3.61. The van der Waals surface area contributed by atoms with Crippen LogP contribution in [-0.4, -0.2) is 21.9 Å². The molecular weight excluding hydrogens is 368 g/mol. The van der Waals surface area contributed by atoms with Crippen LogP contribution >= 0.6 is 0 Å². The highest BCUT2D eigenvalue weighted by Gasteiger charge is 2.45. The molecule has 5 nitrogen and oxygen atoms in total. The number of hydrogen-bond donors (Lipinski definition) is 2. The molecule has 1 aliphatic rings. The van der Waals surface area contributed by atoms with E-state index in [0.29, 0.717) is 0 Å². The fraction of sp³-hybridized carbons (Fsp3) is 0.238. The molecule has 7 heteroatoms. The molecule has 2 aromatic rings. The summed E-state index contributed by atoms with van der Waals surface area (Å²) in [6, 6.07) is 7.13. The van der Waals surface area contributed by atoms with Gasteiger partial charge in [-0.15, -0.1) is 0 Å². The van der Waals surface area contributed by atoms with E-state index in [-0.39, 0.29) is 29.2 Å². The van der Waals surface area contributed by atoms with Gasteiger partial charge in [0.25, 0.3) is 5.91 Å². The van der Waals surface area contributed by atoms with Crippen molar-refractivity contribution in [1.29, 1.82) is 0 Å². The van der Waals surface area contributed by atoms with Gasteiger partial charge in [0.1, 0.15) is 17.4 Å². The van der Waals surface area contributed by atoms with Crippen LogP contribution in [-0.2, 0) is 9.59 Å². The Morgan fingerprint density at radius 2 is 1.86 bits per heavy atom. The Labute approximate surface area is 160 Å². The molecule has 0 fully saturated rings. The van der Waals surface area contributed by atoms with Gasteiger partial charge in [-0.25, -0.2) is 8.78 Å². The summed E-state index contributed by atoms with van der Waals surface area (Å²) >= 11 is 0. The van der Waals surface area contributed by atoms with Crippen LogP contribution in [0, 0.1) is 17.6 Å². The molecule has 0 bridgehead atoms. The fourth-order valence-corrected chi connectivity index (χ4v) is 3.30. The molecule has 28 heavy (non-hydrogen) atoms. The topological polar surface area (TPSA) is 77.8 Å². The monoisotopic (exact) mass is 387 g/mol. The molecule has 0 spiro atoms. The number of halogens is 2. The highest BCUT2D eigenvalue weighted by Crippen LogP contribution is 2.43. The Morgan fingerprint density at radius 3 is 2.50 bits per heavy atom. The molecule has 1 unspecified atom stereocenters. The minimum atomic E-state index is -1.19. The van der Waals surface area contributed by atoms with Crippen LogP contribution in [0.5, 0.6) is 5.75 Å². The van der Waals surface area contributed by atoms with E-state index >= 15 is 0 Å². The third-order valence-electron chi connectivity index (χ3n) is 4.46.